The van der Waals surface area contributed by atoms with E-state index in [1.165, 1.54) is 13.8 Å². The van der Waals surface area contributed by atoms with E-state index in [2.05, 4.69) is 5.32 Å². The summed E-state index contributed by atoms with van der Waals surface area (Å²) in [5.41, 5.74) is -1.40. The molecule has 0 saturated heterocycles. The molecule has 0 unspecified atom stereocenters. The van der Waals surface area contributed by atoms with Gasteiger partial charge in [0.25, 0.3) is 0 Å². The number of hydrogen-bond donors (Lipinski definition) is 2. The van der Waals surface area contributed by atoms with Crippen LogP contribution in [0.25, 0.3) is 0 Å². The van der Waals surface area contributed by atoms with Crippen LogP contribution in [0.3, 0.4) is 0 Å². The van der Waals surface area contributed by atoms with Crippen LogP contribution in [-0.4, -0.2) is 23.5 Å². The van der Waals surface area contributed by atoms with Gasteiger partial charge in [0.15, 0.2) is 0 Å². The van der Waals surface area contributed by atoms with Gasteiger partial charge in [-0.05, 0) is 32.9 Å². The van der Waals surface area contributed by atoms with Gasteiger partial charge in [-0.25, -0.2) is 0 Å². The Morgan fingerprint density at radius 2 is 2.06 bits per heavy atom. The molecular formula is C12H17NO4. The number of furan rings is 1. The number of rotatable bonds is 5. The second kappa shape index (κ2) is 5.03. The minimum absolute atomic E-state index is 0.364. The maximum Gasteiger partial charge on any atom is 0.318 e. The molecule has 17 heavy (non-hydrogen) atoms. The molecule has 94 valence electrons. The van der Waals surface area contributed by atoms with Gasteiger partial charge >= 0.3 is 5.97 Å². The smallest absolute Gasteiger partial charge is 0.318 e. The van der Waals surface area contributed by atoms with Crippen molar-refractivity contribution in [2.45, 2.75) is 27.2 Å². The monoisotopic (exact) mass is 239 g/mol. The summed E-state index contributed by atoms with van der Waals surface area (Å²) in [6.45, 7) is 4.96. The van der Waals surface area contributed by atoms with Crippen molar-refractivity contribution in [1.82, 2.24) is 5.32 Å². The average Bonchev–Trinajstić information content (AvgIpc) is 2.63. The zero-order chi connectivity index (χ0) is 13.1. The molecule has 0 aliphatic rings. The quantitative estimate of drug-likeness (QED) is 0.760. The van der Waals surface area contributed by atoms with Crippen molar-refractivity contribution in [3.8, 4) is 0 Å². The molecule has 2 N–H and O–H groups in total. The molecule has 0 fully saturated rings. The summed E-state index contributed by atoms with van der Waals surface area (Å²) < 4.78 is 5.33. The molecule has 0 aliphatic heterocycles. The Kier molecular flexibility index (Phi) is 3.93. The highest BCUT2D eigenvalue weighted by molar-refractivity contribution is 6.00. The van der Waals surface area contributed by atoms with Crippen LogP contribution >= 0.6 is 0 Å². The summed E-state index contributed by atoms with van der Waals surface area (Å²) in [6, 6.07) is 3.68. The maximum atomic E-state index is 11.6. The molecule has 1 amide bonds. The molecule has 0 spiro atoms. The molecule has 5 nitrogen and oxygen atoms in total. The van der Waals surface area contributed by atoms with E-state index in [-0.39, 0.29) is 0 Å². The SMILES string of the molecule is Cc1ccc(CCNC(=O)C(C)(C)C(=O)O)o1. The van der Waals surface area contributed by atoms with Gasteiger partial charge in [0, 0.05) is 13.0 Å². The average molecular weight is 239 g/mol. The van der Waals surface area contributed by atoms with Crippen LogP contribution in [0.5, 0.6) is 0 Å². The van der Waals surface area contributed by atoms with Crippen LogP contribution in [-0.2, 0) is 16.0 Å². The van der Waals surface area contributed by atoms with Crippen molar-refractivity contribution in [2.24, 2.45) is 5.41 Å². The van der Waals surface area contributed by atoms with Crippen LogP contribution in [0.1, 0.15) is 25.4 Å². The van der Waals surface area contributed by atoms with E-state index in [9.17, 15) is 9.59 Å². The molecule has 1 aromatic rings. The summed E-state index contributed by atoms with van der Waals surface area (Å²) in [5, 5.41) is 11.4. The van der Waals surface area contributed by atoms with E-state index in [0.717, 1.165) is 11.5 Å². The molecule has 0 atom stereocenters. The highest BCUT2D eigenvalue weighted by Gasteiger charge is 2.35. The fourth-order valence-electron chi connectivity index (χ4n) is 1.24. The zero-order valence-corrected chi connectivity index (χ0v) is 10.2. The first-order chi connectivity index (χ1) is 7.84. The third-order valence-electron chi connectivity index (χ3n) is 2.56. The lowest BCUT2D eigenvalue weighted by Gasteiger charge is -2.17. The van der Waals surface area contributed by atoms with Crippen molar-refractivity contribution in [1.29, 1.82) is 0 Å². The third-order valence-corrected chi connectivity index (χ3v) is 2.56. The molecule has 0 bridgehead atoms. The molecule has 1 heterocycles. The van der Waals surface area contributed by atoms with E-state index in [0.29, 0.717) is 13.0 Å². The van der Waals surface area contributed by atoms with E-state index >= 15 is 0 Å². The highest BCUT2D eigenvalue weighted by Crippen LogP contribution is 2.15. The zero-order valence-electron chi connectivity index (χ0n) is 10.2. The maximum absolute atomic E-state index is 11.6. The number of carbonyl (C=O) groups excluding carboxylic acids is 1. The predicted molar refractivity (Wildman–Crippen MR) is 61.6 cm³/mol. The second-order valence-corrected chi connectivity index (χ2v) is 4.45. The van der Waals surface area contributed by atoms with Crippen molar-refractivity contribution in [3.63, 3.8) is 0 Å². The van der Waals surface area contributed by atoms with E-state index < -0.39 is 17.3 Å². The standard InChI is InChI=1S/C12H17NO4/c1-8-4-5-9(17-8)6-7-13-10(14)12(2,3)11(15)16/h4-5H,6-7H2,1-3H3,(H,13,14)(H,15,16). The van der Waals surface area contributed by atoms with Gasteiger partial charge in [-0.15, -0.1) is 0 Å². The Morgan fingerprint density at radius 3 is 2.53 bits per heavy atom. The van der Waals surface area contributed by atoms with Crippen molar-refractivity contribution in [3.05, 3.63) is 23.7 Å². The molecule has 0 aliphatic carbocycles. The highest BCUT2D eigenvalue weighted by atomic mass is 16.4. The largest absolute Gasteiger partial charge is 0.480 e. The predicted octanol–water partition coefficient (Wildman–Crippen LogP) is 1.36. The number of carbonyl (C=O) groups is 2. The molecular weight excluding hydrogens is 222 g/mol. The van der Waals surface area contributed by atoms with E-state index in [4.69, 9.17) is 9.52 Å². The molecule has 0 radical (unpaired) electrons. The van der Waals surface area contributed by atoms with E-state index in [1.54, 1.807) is 0 Å². The topological polar surface area (TPSA) is 79.5 Å². The van der Waals surface area contributed by atoms with E-state index in [1.807, 2.05) is 19.1 Å². The van der Waals surface area contributed by atoms with Crippen LogP contribution in [0.15, 0.2) is 16.5 Å². The van der Waals surface area contributed by atoms with Crippen LogP contribution in [0.2, 0.25) is 0 Å². The molecule has 5 heteroatoms. The van der Waals surface area contributed by atoms with Gasteiger partial charge < -0.3 is 14.8 Å². The van der Waals surface area contributed by atoms with Crippen molar-refractivity contribution >= 4 is 11.9 Å². The fourth-order valence-corrected chi connectivity index (χ4v) is 1.24. The first kappa shape index (κ1) is 13.3. The summed E-state index contributed by atoms with van der Waals surface area (Å²) in [6.07, 6.45) is 0.551. The number of nitrogens with one attached hydrogen (secondary N) is 1. The Balaban J connectivity index is 2.42. The number of aliphatic carboxylic acids is 1. The lowest BCUT2D eigenvalue weighted by molar-refractivity contribution is -0.153. The molecule has 0 saturated carbocycles. The van der Waals surface area contributed by atoms with Gasteiger partial charge in [-0.2, -0.15) is 0 Å². The van der Waals surface area contributed by atoms with Crippen LogP contribution in [0.4, 0.5) is 0 Å². The Hall–Kier alpha value is -1.78. The first-order valence-electron chi connectivity index (χ1n) is 5.41. The number of aryl methyl sites for hydroxylation is 1. The molecule has 1 rings (SSSR count). The first-order valence-corrected chi connectivity index (χ1v) is 5.41. The van der Waals surface area contributed by atoms with Crippen LogP contribution < -0.4 is 5.32 Å². The molecule has 1 aromatic heterocycles. The van der Waals surface area contributed by atoms with Crippen molar-refractivity contribution in [2.75, 3.05) is 6.54 Å². The normalized spacial score (nSPS) is 11.2. The number of amides is 1. The Morgan fingerprint density at radius 1 is 1.41 bits per heavy atom. The summed E-state index contributed by atoms with van der Waals surface area (Å²) in [5.74, 6) is -0.0368. The van der Waals surface area contributed by atoms with Gasteiger partial charge in [-0.3, -0.25) is 9.59 Å². The van der Waals surface area contributed by atoms with Gasteiger partial charge in [-0.1, -0.05) is 0 Å². The number of carboxylic acids is 1. The Bertz CT molecular complexity index is 420. The minimum atomic E-state index is -1.40. The van der Waals surface area contributed by atoms with Gasteiger partial charge in [0.1, 0.15) is 16.9 Å². The lowest BCUT2D eigenvalue weighted by atomic mass is 9.93. The summed E-state index contributed by atoms with van der Waals surface area (Å²) in [4.78, 5) is 22.4. The number of hydrogen-bond acceptors (Lipinski definition) is 3. The second-order valence-electron chi connectivity index (χ2n) is 4.45. The number of carboxylic acid groups (broad SMARTS) is 1. The van der Waals surface area contributed by atoms with Crippen LogP contribution in [0, 0.1) is 12.3 Å². The third kappa shape index (κ3) is 3.34. The lowest BCUT2D eigenvalue weighted by Crippen LogP contribution is -2.42. The minimum Gasteiger partial charge on any atom is -0.480 e. The molecule has 0 aromatic carbocycles. The van der Waals surface area contributed by atoms with Crippen molar-refractivity contribution < 1.29 is 19.1 Å². The van der Waals surface area contributed by atoms with Gasteiger partial charge in [0.05, 0.1) is 0 Å². The Labute approximate surface area is 99.8 Å². The fraction of sp³-hybridized carbons (Fsp3) is 0.500. The summed E-state index contributed by atoms with van der Waals surface area (Å²) in [7, 11) is 0. The van der Waals surface area contributed by atoms with Gasteiger partial charge in [0.2, 0.25) is 5.91 Å². The summed E-state index contributed by atoms with van der Waals surface area (Å²) >= 11 is 0.